The summed E-state index contributed by atoms with van der Waals surface area (Å²) in [5, 5.41) is 3.75. The molecule has 1 amide bonds. The highest BCUT2D eigenvalue weighted by Gasteiger charge is 2.34. The molecule has 0 N–H and O–H groups in total. The minimum absolute atomic E-state index is 0.0413. The molecule has 0 atom stereocenters. The topological polar surface area (TPSA) is 59.2 Å². The maximum Gasteiger partial charge on any atom is 0.260 e. The number of carbonyl (C=O) groups is 1. The number of hydrogen-bond donors (Lipinski definition) is 0. The van der Waals surface area contributed by atoms with Gasteiger partial charge in [-0.15, -0.1) is 0 Å². The van der Waals surface area contributed by atoms with Crippen LogP contribution in [0.3, 0.4) is 0 Å². The average Bonchev–Trinajstić information content (AvgIpc) is 3.27. The van der Waals surface area contributed by atoms with Gasteiger partial charge in [0, 0.05) is 19.0 Å². The number of rotatable bonds is 3. The van der Waals surface area contributed by atoms with Crippen molar-refractivity contribution in [1.29, 1.82) is 0 Å². The summed E-state index contributed by atoms with van der Waals surface area (Å²) in [5.41, 5.74) is -1.34. The maximum atomic E-state index is 13.9. The van der Waals surface area contributed by atoms with Crippen molar-refractivity contribution in [3.8, 4) is 11.4 Å². The summed E-state index contributed by atoms with van der Waals surface area (Å²) in [5.74, 6) is -12.9. The smallest absolute Gasteiger partial charge is 0.260 e. The summed E-state index contributed by atoms with van der Waals surface area (Å²) in [6.07, 6.45) is 0.472. The number of hydrogen-bond acceptors (Lipinski definition) is 4. The van der Waals surface area contributed by atoms with E-state index in [1.54, 1.807) is 6.07 Å². The molecule has 31 heavy (non-hydrogen) atoms. The molecule has 0 unspecified atom stereocenters. The first-order chi connectivity index (χ1) is 14.8. The molecule has 2 aromatic carbocycles. The van der Waals surface area contributed by atoms with Crippen LogP contribution in [0.2, 0.25) is 0 Å². The molecule has 1 aromatic heterocycles. The van der Waals surface area contributed by atoms with Crippen molar-refractivity contribution in [2.24, 2.45) is 0 Å². The normalized spacial score (nSPS) is 14.8. The Hall–Kier alpha value is -3.37. The van der Waals surface area contributed by atoms with Crippen molar-refractivity contribution < 1.29 is 35.7 Å². The molecule has 1 fully saturated rings. The molecule has 2 heterocycles. The lowest BCUT2D eigenvalue weighted by Gasteiger charge is -2.30. The van der Waals surface area contributed by atoms with Crippen molar-refractivity contribution in [1.82, 2.24) is 15.0 Å². The second-order valence-corrected chi connectivity index (χ2v) is 6.95. The number of amides is 1. The molecular weight excluding hydrogens is 428 g/mol. The molecule has 1 aliphatic heterocycles. The Balaban J connectivity index is 1.49. The van der Waals surface area contributed by atoms with Crippen LogP contribution in [0.1, 0.15) is 35.0 Å². The molecule has 1 aliphatic rings. The van der Waals surface area contributed by atoms with Crippen molar-refractivity contribution in [3.05, 3.63) is 70.6 Å². The number of piperidine rings is 1. The van der Waals surface area contributed by atoms with E-state index in [0.29, 0.717) is 0 Å². The third-order valence-corrected chi connectivity index (χ3v) is 5.11. The number of benzene rings is 2. The Bertz CT molecular complexity index is 1130. The van der Waals surface area contributed by atoms with Crippen LogP contribution in [0.5, 0.6) is 0 Å². The fraction of sp³-hybridized carbons (Fsp3) is 0.250. The molecule has 0 saturated carbocycles. The largest absolute Gasteiger partial charge is 0.339 e. The molecular formula is C20H13F6N3O2. The van der Waals surface area contributed by atoms with E-state index in [4.69, 9.17) is 4.52 Å². The van der Waals surface area contributed by atoms with Gasteiger partial charge in [-0.3, -0.25) is 4.79 Å². The zero-order valence-corrected chi connectivity index (χ0v) is 15.6. The quantitative estimate of drug-likeness (QED) is 0.339. The van der Waals surface area contributed by atoms with E-state index < -0.39 is 46.4 Å². The van der Waals surface area contributed by atoms with Gasteiger partial charge in [-0.25, -0.2) is 26.3 Å². The van der Waals surface area contributed by atoms with E-state index >= 15 is 0 Å². The summed E-state index contributed by atoms with van der Waals surface area (Å²) < 4.78 is 86.9. The maximum absolute atomic E-state index is 13.9. The van der Waals surface area contributed by atoms with Gasteiger partial charge in [-0.1, -0.05) is 17.3 Å². The first kappa shape index (κ1) is 20.9. The lowest BCUT2D eigenvalue weighted by atomic mass is 9.96. The predicted molar refractivity (Wildman–Crippen MR) is 93.8 cm³/mol. The Morgan fingerprint density at radius 1 is 0.903 bits per heavy atom. The molecule has 11 heteroatoms. The van der Waals surface area contributed by atoms with Crippen molar-refractivity contribution in [3.63, 3.8) is 0 Å². The van der Waals surface area contributed by atoms with Gasteiger partial charge < -0.3 is 9.42 Å². The van der Waals surface area contributed by atoms with Crippen LogP contribution in [0.4, 0.5) is 26.3 Å². The molecule has 5 nitrogen and oxygen atoms in total. The summed E-state index contributed by atoms with van der Waals surface area (Å²) in [6.45, 7) is -0.0825. The van der Waals surface area contributed by atoms with Gasteiger partial charge in [0.25, 0.3) is 5.91 Å². The number of halogens is 6. The fourth-order valence-corrected chi connectivity index (χ4v) is 3.43. The molecule has 162 valence electrons. The van der Waals surface area contributed by atoms with Gasteiger partial charge in [0.1, 0.15) is 11.4 Å². The molecule has 3 aromatic rings. The predicted octanol–water partition coefficient (Wildman–Crippen LogP) is 4.59. The van der Waals surface area contributed by atoms with E-state index in [1.807, 2.05) is 0 Å². The first-order valence-electron chi connectivity index (χ1n) is 9.18. The molecule has 0 radical (unpaired) electrons. The molecule has 0 aliphatic carbocycles. The number of likely N-dealkylation sites (tertiary alicyclic amines) is 1. The van der Waals surface area contributed by atoms with Gasteiger partial charge in [-0.2, -0.15) is 4.98 Å². The Morgan fingerprint density at radius 2 is 1.48 bits per heavy atom. The first-order valence-corrected chi connectivity index (χ1v) is 9.18. The molecule has 0 spiro atoms. The van der Waals surface area contributed by atoms with Crippen molar-refractivity contribution >= 4 is 5.91 Å². The lowest BCUT2D eigenvalue weighted by molar-refractivity contribution is 0.0691. The molecule has 4 rings (SSSR count). The monoisotopic (exact) mass is 441 g/mol. The number of nitrogens with zero attached hydrogens (tertiary/aromatic N) is 3. The highest BCUT2D eigenvalue weighted by atomic mass is 19.2. The van der Waals surface area contributed by atoms with Gasteiger partial charge >= 0.3 is 0 Å². The minimum atomic E-state index is -2.33. The van der Waals surface area contributed by atoms with Crippen molar-refractivity contribution in [2.75, 3.05) is 13.1 Å². The van der Waals surface area contributed by atoms with E-state index in [9.17, 15) is 31.1 Å². The summed E-state index contributed by atoms with van der Waals surface area (Å²) in [6, 6.07) is 5.85. The number of aromatic nitrogens is 2. The Labute approximate surface area is 171 Å². The molecule has 0 bridgehead atoms. The fourth-order valence-electron chi connectivity index (χ4n) is 3.43. The summed E-state index contributed by atoms with van der Waals surface area (Å²) in [4.78, 5) is 17.6. The van der Waals surface area contributed by atoms with Gasteiger partial charge in [-0.05, 0) is 25.0 Å². The zero-order chi connectivity index (χ0) is 22.3. The summed E-state index contributed by atoms with van der Waals surface area (Å²) >= 11 is 0. The van der Waals surface area contributed by atoms with E-state index in [-0.39, 0.29) is 49.1 Å². The highest BCUT2D eigenvalue weighted by Crippen LogP contribution is 2.31. The lowest BCUT2D eigenvalue weighted by Crippen LogP contribution is -2.39. The standard InChI is InChI=1S/C20H13F6N3O2/c21-11-4-2-1-3-10(11)18-27-19(31-28-18)9-5-7-29(8-6-9)20(30)12-13(22)15(24)17(26)16(25)14(12)23/h1-4,9H,5-8H2. The Kier molecular flexibility index (Phi) is 5.42. The summed E-state index contributed by atoms with van der Waals surface area (Å²) in [7, 11) is 0. The van der Waals surface area contributed by atoms with Crippen molar-refractivity contribution in [2.45, 2.75) is 18.8 Å². The average molecular weight is 441 g/mol. The van der Waals surface area contributed by atoms with E-state index in [0.717, 1.165) is 4.90 Å². The van der Waals surface area contributed by atoms with Gasteiger partial charge in [0.15, 0.2) is 23.3 Å². The SMILES string of the molecule is O=C(c1c(F)c(F)c(F)c(F)c1F)N1CCC(c2nc(-c3ccccc3F)no2)CC1. The van der Waals surface area contributed by atoms with Crippen LogP contribution in [0.15, 0.2) is 28.8 Å². The third kappa shape index (κ3) is 3.64. The second-order valence-electron chi connectivity index (χ2n) is 6.95. The van der Waals surface area contributed by atoms with E-state index in [1.165, 1.54) is 18.2 Å². The molecule has 1 saturated heterocycles. The van der Waals surface area contributed by atoms with Crippen LogP contribution in [0.25, 0.3) is 11.4 Å². The van der Waals surface area contributed by atoms with Crippen LogP contribution < -0.4 is 0 Å². The van der Waals surface area contributed by atoms with Gasteiger partial charge in [0.2, 0.25) is 17.5 Å². The third-order valence-electron chi connectivity index (χ3n) is 5.11. The second kappa shape index (κ2) is 8.05. The van der Waals surface area contributed by atoms with Crippen LogP contribution in [-0.2, 0) is 0 Å². The number of carbonyl (C=O) groups excluding carboxylic acids is 1. The minimum Gasteiger partial charge on any atom is -0.339 e. The Morgan fingerprint density at radius 3 is 2.10 bits per heavy atom. The van der Waals surface area contributed by atoms with Crippen LogP contribution >= 0.6 is 0 Å². The zero-order valence-electron chi connectivity index (χ0n) is 15.6. The van der Waals surface area contributed by atoms with E-state index in [2.05, 4.69) is 10.1 Å². The van der Waals surface area contributed by atoms with Gasteiger partial charge in [0.05, 0.1) is 5.56 Å². The van der Waals surface area contributed by atoms with Crippen LogP contribution in [0, 0.1) is 34.9 Å². The van der Waals surface area contributed by atoms with Crippen LogP contribution in [-0.4, -0.2) is 34.0 Å². The highest BCUT2D eigenvalue weighted by molar-refractivity contribution is 5.95.